The van der Waals surface area contributed by atoms with E-state index < -0.39 is 0 Å². The maximum Gasteiger partial charge on any atom is 0.234 e. The van der Waals surface area contributed by atoms with Gasteiger partial charge in [-0.2, -0.15) is 15.0 Å². The number of nitrogens with one attached hydrogen (secondary N) is 2. The van der Waals surface area contributed by atoms with E-state index in [-0.39, 0.29) is 12.0 Å². The van der Waals surface area contributed by atoms with Gasteiger partial charge in [0.25, 0.3) is 0 Å². The topological polar surface area (TPSA) is 79.8 Å². The number of amides is 1. The van der Waals surface area contributed by atoms with Crippen LogP contribution in [0.2, 0.25) is 0 Å². The molecule has 0 fully saturated rings. The quantitative estimate of drug-likeness (QED) is 0.731. The van der Waals surface area contributed by atoms with Crippen molar-refractivity contribution >= 4 is 29.6 Å². The molecule has 0 aliphatic heterocycles. The van der Waals surface area contributed by atoms with E-state index >= 15 is 0 Å². The molecule has 22 heavy (non-hydrogen) atoms. The molecule has 0 spiro atoms. The summed E-state index contributed by atoms with van der Waals surface area (Å²) < 4.78 is 0. The van der Waals surface area contributed by atoms with Crippen molar-refractivity contribution < 1.29 is 4.79 Å². The highest BCUT2D eigenvalue weighted by molar-refractivity contribution is 7.10. The summed E-state index contributed by atoms with van der Waals surface area (Å²) in [7, 11) is 0. The van der Waals surface area contributed by atoms with Gasteiger partial charge in [0, 0.05) is 10.9 Å². The van der Waals surface area contributed by atoms with Crippen molar-refractivity contribution in [2.45, 2.75) is 46.1 Å². The van der Waals surface area contributed by atoms with Crippen LogP contribution in [0.3, 0.4) is 0 Å². The average Bonchev–Trinajstić information content (AvgIpc) is 2.88. The maximum absolute atomic E-state index is 10.5. The molecule has 1 amide bonds. The van der Waals surface area contributed by atoms with Crippen LogP contribution in [0.25, 0.3) is 0 Å². The van der Waals surface area contributed by atoms with Gasteiger partial charge >= 0.3 is 0 Å². The fraction of sp³-hybridized carbons (Fsp3) is 0.467. The first-order chi connectivity index (χ1) is 10.6. The van der Waals surface area contributed by atoms with Crippen LogP contribution in [-0.4, -0.2) is 27.4 Å². The van der Waals surface area contributed by atoms with Gasteiger partial charge in [-0.05, 0) is 50.1 Å². The van der Waals surface area contributed by atoms with E-state index in [0.717, 1.165) is 19.3 Å². The molecule has 0 saturated carbocycles. The van der Waals surface area contributed by atoms with Crippen LogP contribution in [0.1, 0.15) is 36.0 Å². The molecular weight excluding hydrogens is 298 g/mol. The molecule has 1 atom stereocenters. The maximum atomic E-state index is 10.5. The first-order valence-corrected chi connectivity index (χ1v) is 8.22. The Hall–Kier alpha value is -2.02. The largest absolute Gasteiger partial charge is 0.351 e. The molecule has 2 rings (SSSR count). The van der Waals surface area contributed by atoms with Crippen LogP contribution in [0.15, 0.2) is 11.4 Å². The molecule has 0 aromatic carbocycles. The number of hydrogen-bond acceptors (Lipinski definition) is 6. The molecule has 118 valence electrons. The van der Waals surface area contributed by atoms with E-state index in [2.05, 4.69) is 50.9 Å². The van der Waals surface area contributed by atoms with Gasteiger partial charge in [-0.15, -0.1) is 11.3 Å². The molecule has 2 heterocycles. The summed E-state index contributed by atoms with van der Waals surface area (Å²) in [4.78, 5) is 24.4. The number of rotatable bonds is 8. The molecule has 6 nitrogen and oxygen atoms in total. The number of aryl methyl sites for hydroxylation is 3. The summed E-state index contributed by atoms with van der Waals surface area (Å²) in [6, 6.07) is 2.47. The number of carbonyl (C=O) groups is 1. The standard InChI is InChI=1S/C15H21N5OS/c1-4-13(6-5-12-7-8-22-10(12)2)19-15-18-11(3)17-14(20-15)16-9-21/h7-9,13H,4-6H2,1-3H3,(H2,16,17,18,19,20,21). The minimum atomic E-state index is 0.272. The molecule has 1 unspecified atom stereocenters. The third kappa shape index (κ3) is 4.49. The smallest absolute Gasteiger partial charge is 0.234 e. The number of nitrogens with zero attached hydrogens (tertiary/aromatic N) is 3. The number of anilines is 2. The van der Waals surface area contributed by atoms with Crippen LogP contribution >= 0.6 is 11.3 Å². The summed E-state index contributed by atoms with van der Waals surface area (Å²) >= 11 is 1.78. The van der Waals surface area contributed by atoms with E-state index in [1.54, 1.807) is 18.3 Å². The third-order valence-electron chi connectivity index (χ3n) is 3.49. The number of thiophene rings is 1. The van der Waals surface area contributed by atoms with Gasteiger partial charge in [0.1, 0.15) is 5.82 Å². The second kappa shape index (κ2) is 7.84. The van der Waals surface area contributed by atoms with Gasteiger partial charge in [-0.3, -0.25) is 10.1 Å². The van der Waals surface area contributed by atoms with Crippen molar-refractivity contribution in [2.24, 2.45) is 0 Å². The first kappa shape index (κ1) is 16.4. The second-order valence-electron chi connectivity index (χ2n) is 5.08. The van der Waals surface area contributed by atoms with E-state index in [1.165, 1.54) is 10.4 Å². The van der Waals surface area contributed by atoms with Gasteiger partial charge in [0.15, 0.2) is 0 Å². The van der Waals surface area contributed by atoms with E-state index in [9.17, 15) is 4.79 Å². The number of aromatic nitrogens is 3. The van der Waals surface area contributed by atoms with Crippen molar-refractivity contribution in [1.29, 1.82) is 0 Å². The minimum absolute atomic E-state index is 0.272. The van der Waals surface area contributed by atoms with Crippen LogP contribution in [-0.2, 0) is 11.2 Å². The summed E-state index contributed by atoms with van der Waals surface area (Å²) in [5.41, 5.74) is 1.40. The Morgan fingerprint density at radius 3 is 2.68 bits per heavy atom. The van der Waals surface area contributed by atoms with Crippen LogP contribution < -0.4 is 10.6 Å². The molecule has 2 N–H and O–H groups in total. The van der Waals surface area contributed by atoms with Crippen LogP contribution in [0.5, 0.6) is 0 Å². The third-order valence-corrected chi connectivity index (χ3v) is 4.38. The fourth-order valence-corrected chi connectivity index (χ4v) is 2.98. The highest BCUT2D eigenvalue weighted by Gasteiger charge is 2.11. The predicted molar refractivity (Wildman–Crippen MR) is 89.3 cm³/mol. The highest BCUT2D eigenvalue weighted by atomic mass is 32.1. The van der Waals surface area contributed by atoms with Crippen molar-refractivity contribution in [2.75, 3.05) is 10.6 Å². The van der Waals surface area contributed by atoms with Gasteiger partial charge in [-0.25, -0.2) is 0 Å². The van der Waals surface area contributed by atoms with Crippen molar-refractivity contribution in [3.8, 4) is 0 Å². The van der Waals surface area contributed by atoms with Crippen molar-refractivity contribution in [3.05, 3.63) is 27.7 Å². The molecule has 2 aromatic rings. The van der Waals surface area contributed by atoms with E-state index in [4.69, 9.17) is 0 Å². The lowest BCUT2D eigenvalue weighted by Crippen LogP contribution is -2.22. The van der Waals surface area contributed by atoms with Crippen LogP contribution in [0, 0.1) is 13.8 Å². The Kier molecular flexibility index (Phi) is 5.83. The molecule has 0 aliphatic carbocycles. The highest BCUT2D eigenvalue weighted by Crippen LogP contribution is 2.19. The van der Waals surface area contributed by atoms with E-state index in [0.29, 0.717) is 18.2 Å². The monoisotopic (exact) mass is 319 g/mol. The molecule has 7 heteroatoms. The zero-order valence-electron chi connectivity index (χ0n) is 13.1. The number of hydrogen-bond donors (Lipinski definition) is 2. The molecule has 0 radical (unpaired) electrons. The minimum Gasteiger partial charge on any atom is -0.351 e. The normalized spacial score (nSPS) is 12.0. The molecule has 2 aromatic heterocycles. The van der Waals surface area contributed by atoms with E-state index in [1.807, 2.05) is 0 Å². The SMILES string of the molecule is CCC(CCc1ccsc1C)Nc1nc(C)nc(NC=O)n1. The van der Waals surface area contributed by atoms with Gasteiger partial charge in [-0.1, -0.05) is 6.92 Å². The predicted octanol–water partition coefficient (Wildman–Crippen LogP) is 2.94. The summed E-state index contributed by atoms with van der Waals surface area (Å²) in [6.45, 7) is 6.07. The van der Waals surface area contributed by atoms with Crippen molar-refractivity contribution in [1.82, 2.24) is 15.0 Å². The van der Waals surface area contributed by atoms with Gasteiger partial charge < -0.3 is 5.32 Å². The fourth-order valence-electron chi connectivity index (χ4n) is 2.22. The zero-order valence-corrected chi connectivity index (χ0v) is 13.9. The Bertz CT molecular complexity index is 628. The lowest BCUT2D eigenvalue weighted by atomic mass is 10.0. The average molecular weight is 319 g/mol. The molecule has 0 aliphatic rings. The molecular formula is C15H21N5OS. The Morgan fingerprint density at radius 2 is 2.05 bits per heavy atom. The summed E-state index contributed by atoms with van der Waals surface area (Å²) in [5, 5.41) is 7.93. The Morgan fingerprint density at radius 1 is 1.27 bits per heavy atom. The van der Waals surface area contributed by atoms with Gasteiger partial charge in [0.05, 0.1) is 0 Å². The lowest BCUT2D eigenvalue weighted by molar-refractivity contribution is -0.105. The molecule has 0 saturated heterocycles. The Balaban J connectivity index is 2.00. The summed E-state index contributed by atoms with van der Waals surface area (Å²) in [5.74, 6) is 1.35. The zero-order chi connectivity index (χ0) is 15.9. The van der Waals surface area contributed by atoms with Gasteiger partial charge in [0.2, 0.25) is 18.3 Å². The lowest BCUT2D eigenvalue weighted by Gasteiger charge is -2.17. The van der Waals surface area contributed by atoms with Crippen LogP contribution in [0.4, 0.5) is 11.9 Å². The second-order valence-corrected chi connectivity index (χ2v) is 6.20. The Labute approximate surface area is 134 Å². The van der Waals surface area contributed by atoms with Crippen molar-refractivity contribution in [3.63, 3.8) is 0 Å². The molecule has 0 bridgehead atoms. The number of carbonyl (C=O) groups excluding carboxylic acids is 1. The summed E-state index contributed by atoms with van der Waals surface area (Å²) in [6.07, 6.45) is 3.58. The first-order valence-electron chi connectivity index (χ1n) is 7.34.